The Hall–Kier alpha value is -1.55. The van der Waals surface area contributed by atoms with E-state index < -0.39 is 0 Å². The Morgan fingerprint density at radius 3 is 2.94 bits per heavy atom. The van der Waals surface area contributed by atoms with Crippen LogP contribution < -0.4 is 10.6 Å². The molecule has 3 rings (SSSR count). The van der Waals surface area contributed by atoms with E-state index in [1.165, 1.54) is 5.52 Å². The Kier molecular flexibility index (Phi) is 2.33. The normalized spacial score (nSPS) is 24.4. The monoisotopic (exact) mass is 230 g/mol. The van der Waals surface area contributed by atoms with Crippen LogP contribution in [0.3, 0.4) is 0 Å². The van der Waals surface area contributed by atoms with Crippen molar-refractivity contribution < 1.29 is 0 Å². The first-order valence-electron chi connectivity index (χ1n) is 6.08. The minimum Gasteiger partial charge on any atom is -0.349 e. The molecular formula is C13H18N4. The smallest absolute Gasteiger partial charge is 0.204 e. The van der Waals surface area contributed by atoms with E-state index in [4.69, 9.17) is 0 Å². The number of rotatable bonds is 2. The molecule has 1 fully saturated rings. The van der Waals surface area contributed by atoms with Crippen molar-refractivity contribution in [3.8, 4) is 0 Å². The fourth-order valence-corrected chi connectivity index (χ4v) is 2.45. The van der Waals surface area contributed by atoms with Gasteiger partial charge < -0.3 is 15.2 Å². The van der Waals surface area contributed by atoms with Gasteiger partial charge in [-0.05, 0) is 32.0 Å². The average Bonchev–Trinajstić information content (AvgIpc) is 2.86. The summed E-state index contributed by atoms with van der Waals surface area (Å²) in [6.45, 7) is 4.32. The number of hydrogen-bond donors (Lipinski definition) is 2. The van der Waals surface area contributed by atoms with Gasteiger partial charge in [-0.15, -0.1) is 0 Å². The maximum absolute atomic E-state index is 4.65. The maximum atomic E-state index is 4.65. The zero-order valence-corrected chi connectivity index (χ0v) is 10.3. The first-order chi connectivity index (χ1) is 8.18. The summed E-state index contributed by atoms with van der Waals surface area (Å²) in [7, 11) is 2.06. The van der Waals surface area contributed by atoms with E-state index >= 15 is 0 Å². The van der Waals surface area contributed by atoms with Gasteiger partial charge in [-0.25, -0.2) is 4.98 Å². The fourth-order valence-electron chi connectivity index (χ4n) is 2.45. The average molecular weight is 230 g/mol. The summed E-state index contributed by atoms with van der Waals surface area (Å²) < 4.78 is 2.12. The molecule has 2 heterocycles. The van der Waals surface area contributed by atoms with Crippen molar-refractivity contribution >= 4 is 17.0 Å². The number of benzene rings is 1. The number of para-hydroxylation sites is 2. The summed E-state index contributed by atoms with van der Waals surface area (Å²) in [6.07, 6.45) is 1.14. The Morgan fingerprint density at radius 2 is 2.24 bits per heavy atom. The van der Waals surface area contributed by atoms with Crippen molar-refractivity contribution in [3.05, 3.63) is 24.3 Å². The fraction of sp³-hybridized carbons (Fsp3) is 0.462. The van der Waals surface area contributed by atoms with Crippen LogP contribution in [0.2, 0.25) is 0 Å². The molecule has 4 heteroatoms. The lowest BCUT2D eigenvalue weighted by atomic mass is 10.0. The predicted octanol–water partition coefficient (Wildman–Crippen LogP) is 1.74. The number of aryl methyl sites for hydroxylation is 1. The number of imidazole rings is 1. The van der Waals surface area contributed by atoms with Crippen molar-refractivity contribution in [2.75, 3.05) is 18.4 Å². The number of fused-ring (bicyclic) bond motifs is 1. The zero-order chi connectivity index (χ0) is 11.9. The van der Waals surface area contributed by atoms with E-state index in [1.807, 2.05) is 12.1 Å². The maximum Gasteiger partial charge on any atom is 0.204 e. The molecule has 0 aliphatic carbocycles. The highest BCUT2D eigenvalue weighted by Crippen LogP contribution is 2.23. The van der Waals surface area contributed by atoms with Crippen LogP contribution in [0.15, 0.2) is 24.3 Å². The molecule has 1 aliphatic heterocycles. The Morgan fingerprint density at radius 1 is 1.41 bits per heavy atom. The van der Waals surface area contributed by atoms with E-state index in [-0.39, 0.29) is 5.54 Å². The Labute approximate surface area is 101 Å². The molecule has 0 saturated carbocycles. The molecule has 1 unspecified atom stereocenters. The molecule has 1 saturated heterocycles. The SMILES string of the molecule is Cn1c(NC2(C)CCNC2)nc2ccccc21. The molecule has 4 nitrogen and oxygen atoms in total. The molecule has 2 aromatic rings. The minimum absolute atomic E-state index is 0.120. The first-order valence-corrected chi connectivity index (χ1v) is 6.08. The lowest BCUT2D eigenvalue weighted by Gasteiger charge is -2.24. The van der Waals surface area contributed by atoms with Crippen LogP contribution in [-0.4, -0.2) is 28.2 Å². The Balaban J connectivity index is 1.97. The third-order valence-corrected chi connectivity index (χ3v) is 3.57. The molecule has 1 aliphatic rings. The van der Waals surface area contributed by atoms with Gasteiger partial charge in [-0.2, -0.15) is 0 Å². The highest BCUT2D eigenvalue weighted by molar-refractivity contribution is 5.78. The van der Waals surface area contributed by atoms with Crippen LogP contribution in [-0.2, 0) is 7.05 Å². The number of hydrogen-bond acceptors (Lipinski definition) is 3. The molecule has 17 heavy (non-hydrogen) atoms. The van der Waals surface area contributed by atoms with Gasteiger partial charge in [0.25, 0.3) is 0 Å². The summed E-state index contributed by atoms with van der Waals surface area (Å²) in [5.41, 5.74) is 2.34. The number of aromatic nitrogens is 2. The summed E-state index contributed by atoms with van der Waals surface area (Å²) >= 11 is 0. The van der Waals surface area contributed by atoms with Crippen LogP contribution in [0, 0.1) is 0 Å². The van der Waals surface area contributed by atoms with Crippen LogP contribution in [0.1, 0.15) is 13.3 Å². The van der Waals surface area contributed by atoms with Crippen LogP contribution in [0.5, 0.6) is 0 Å². The molecular weight excluding hydrogens is 212 g/mol. The van der Waals surface area contributed by atoms with Gasteiger partial charge in [0.2, 0.25) is 5.95 Å². The minimum atomic E-state index is 0.120. The zero-order valence-electron chi connectivity index (χ0n) is 10.3. The van der Waals surface area contributed by atoms with Gasteiger partial charge >= 0.3 is 0 Å². The second-order valence-electron chi connectivity index (χ2n) is 5.10. The first kappa shape index (κ1) is 10.6. The summed E-state index contributed by atoms with van der Waals surface area (Å²) in [5.74, 6) is 0.956. The molecule has 0 bridgehead atoms. The van der Waals surface area contributed by atoms with Crippen LogP contribution in [0.25, 0.3) is 11.0 Å². The van der Waals surface area contributed by atoms with Crippen LogP contribution in [0.4, 0.5) is 5.95 Å². The van der Waals surface area contributed by atoms with Crippen LogP contribution >= 0.6 is 0 Å². The summed E-state index contributed by atoms with van der Waals surface area (Å²) in [5, 5.41) is 6.95. The molecule has 2 N–H and O–H groups in total. The van der Waals surface area contributed by atoms with E-state index in [2.05, 4.69) is 46.3 Å². The lowest BCUT2D eigenvalue weighted by Crippen LogP contribution is -2.37. The second-order valence-corrected chi connectivity index (χ2v) is 5.10. The third-order valence-electron chi connectivity index (χ3n) is 3.57. The molecule has 90 valence electrons. The summed E-state index contributed by atoms with van der Waals surface area (Å²) in [4.78, 5) is 4.65. The summed E-state index contributed by atoms with van der Waals surface area (Å²) in [6, 6.07) is 8.23. The standard InChI is InChI=1S/C13H18N4/c1-13(7-8-14-9-13)16-12-15-10-5-3-4-6-11(10)17(12)2/h3-6,14H,7-9H2,1-2H3,(H,15,16). The van der Waals surface area contributed by atoms with Gasteiger partial charge in [0.15, 0.2) is 0 Å². The molecule has 1 aromatic heterocycles. The van der Waals surface area contributed by atoms with Gasteiger partial charge in [-0.1, -0.05) is 12.1 Å². The van der Waals surface area contributed by atoms with Gasteiger partial charge in [-0.3, -0.25) is 0 Å². The number of nitrogens with zero attached hydrogens (tertiary/aromatic N) is 2. The topological polar surface area (TPSA) is 41.9 Å². The van der Waals surface area contributed by atoms with Gasteiger partial charge in [0.1, 0.15) is 0 Å². The molecule has 1 aromatic carbocycles. The van der Waals surface area contributed by atoms with E-state index in [0.717, 1.165) is 31.0 Å². The van der Waals surface area contributed by atoms with E-state index in [9.17, 15) is 0 Å². The van der Waals surface area contributed by atoms with E-state index in [1.54, 1.807) is 0 Å². The van der Waals surface area contributed by atoms with Gasteiger partial charge in [0, 0.05) is 13.6 Å². The lowest BCUT2D eigenvalue weighted by molar-refractivity contribution is 0.558. The van der Waals surface area contributed by atoms with Crippen molar-refractivity contribution in [1.29, 1.82) is 0 Å². The van der Waals surface area contributed by atoms with E-state index in [0.29, 0.717) is 0 Å². The van der Waals surface area contributed by atoms with Crippen molar-refractivity contribution in [2.24, 2.45) is 7.05 Å². The quantitative estimate of drug-likeness (QED) is 0.825. The second kappa shape index (κ2) is 3.74. The largest absolute Gasteiger partial charge is 0.349 e. The highest BCUT2D eigenvalue weighted by atomic mass is 15.2. The molecule has 0 amide bonds. The highest BCUT2D eigenvalue weighted by Gasteiger charge is 2.29. The predicted molar refractivity (Wildman–Crippen MR) is 70.2 cm³/mol. The Bertz CT molecular complexity index is 537. The molecule has 0 spiro atoms. The molecule has 1 atom stereocenters. The number of anilines is 1. The number of nitrogens with one attached hydrogen (secondary N) is 2. The van der Waals surface area contributed by atoms with Crippen molar-refractivity contribution in [3.63, 3.8) is 0 Å². The van der Waals surface area contributed by atoms with Crippen molar-refractivity contribution in [2.45, 2.75) is 18.9 Å². The third kappa shape index (κ3) is 1.78. The molecule has 0 radical (unpaired) electrons. The van der Waals surface area contributed by atoms with Crippen molar-refractivity contribution in [1.82, 2.24) is 14.9 Å². The van der Waals surface area contributed by atoms with Gasteiger partial charge in [0.05, 0.1) is 16.6 Å².